The number of thioether (sulfide) groups is 1. The number of ether oxygens (including phenoxy) is 2. The van der Waals surface area contributed by atoms with E-state index >= 15 is 0 Å². The van der Waals surface area contributed by atoms with E-state index in [9.17, 15) is 20.4 Å². The molecule has 5 N–H and O–H groups in total. The van der Waals surface area contributed by atoms with Gasteiger partial charge < -0.3 is 34.3 Å². The van der Waals surface area contributed by atoms with Crippen LogP contribution in [0.1, 0.15) is 138 Å². The lowest BCUT2D eigenvalue weighted by molar-refractivity contribution is -0.128. The fourth-order valence-electron chi connectivity index (χ4n) is 9.64. The molecule has 0 amide bonds. The molecule has 9 heteroatoms. The molecule has 0 bridgehead atoms. The highest BCUT2D eigenvalue weighted by Gasteiger charge is 2.46. The molecule has 4 aliphatic carbocycles. The molecule has 0 radical (unpaired) electrons. The Balaban J connectivity index is 1.10. The van der Waals surface area contributed by atoms with Gasteiger partial charge in [-0.05, 0) is 131 Å². The van der Waals surface area contributed by atoms with Crippen molar-refractivity contribution in [2.24, 2.45) is 23.7 Å². The maximum Gasteiger partial charge on any atom is 0.199 e. The second kappa shape index (κ2) is 16.6. The van der Waals surface area contributed by atoms with Gasteiger partial charge in [0.15, 0.2) is 12.6 Å². The predicted octanol–water partition coefficient (Wildman–Crippen LogP) is 8.47. The highest BCUT2D eigenvalue weighted by atomic mass is 32.2. The van der Waals surface area contributed by atoms with E-state index in [1.165, 1.54) is 48.6 Å². The molecule has 8 nitrogen and oxygen atoms in total. The molecule has 1 aromatic heterocycles. The summed E-state index contributed by atoms with van der Waals surface area (Å²) >= 11 is 1.71. The Kier molecular flexibility index (Phi) is 12.1. The quantitative estimate of drug-likeness (QED) is 0.137. The van der Waals surface area contributed by atoms with Crippen LogP contribution in [0.3, 0.4) is 0 Å². The molecule has 3 saturated carbocycles. The van der Waals surface area contributed by atoms with Gasteiger partial charge in [0.2, 0.25) is 0 Å². The van der Waals surface area contributed by atoms with Crippen LogP contribution in [0.25, 0.3) is 11.0 Å². The van der Waals surface area contributed by atoms with Crippen molar-refractivity contribution in [3.05, 3.63) is 58.8 Å². The number of aryl methyl sites for hydroxylation is 1. The molecule has 282 valence electrons. The van der Waals surface area contributed by atoms with Gasteiger partial charge in [0.1, 0.15) is 28.2 Å². The molecule has 51 heavy (non-hydrogen) atoms. The number of rotatable bonds is 12. The first-order valence-electron chi connectivity index (χ1n) is 20.2. The zero-order chi connectivity index (χ0) is 35.6. The maximum absolute atomic E-state index is 11.4. The summed E-state index contributed by atoms with van der Waals surface area (Å²) in [5.41, 5.74) is 3.54. The fourth-order valence-corrected chi connectivity index (χ4v) is 11.0. The van der Waals surface area contributed by atoms with Crippen LogP contribution in [0, 0.1) is 30.6 Å². The largest absolute Gasteiger partial charge is 0.468 e. The summed E-state index contributed by atoms with van der Waals surface area (Å²) < 4.78 is 19.6. The zero-order valence-electron chi connectivity index (χ0n) is 30.8. The summed E-state index contributed by atoms with van der Waals surface area (Å²) in [7, 11) is 0. The van der Waals surface area contributed by atoms with Crippen molar-refractivity contribution in [2.45, 2.75) is 164 Å². The van der Waals surface area contributed by atoms with E-state index in [0.29, 0.717) is 23.4 Å². The van der Waals surface area contributed by atoms with E-state index in [-0.39, 0.29) is 46.6 Å². The lowest BCUT2D eigenvalue weighted by Crippen LogP contribution is -2.41. The second-order valence-electron chi connectivity index (χ2n) is 16.2. The number of aliphatic hydroxyl groups is 4. The zero-order valence-corrected chi connectivity index (χ0v) is 31.7. The normalized spacial score (nSPS) is 32.8. The van der Waals surface area contributed by atoms with Crippen LogP contribution < -0.4 is 5.32 Å². The first-order chi connectivity index (χ1) is 24.7. The van der Waals surface area contributed by atoms with Gasteiger partial charge in [-0.3, -0.25) is 5.32 Å². The van der Waals surface area contributed by atoms with Gasteiger partial charge >= 0.3 is 0 Å². The number of fused-ring (bicyclic) bond motifs is 2. The van der Waals surface area contributed by atoms with E-state index in [4.69, 9.17) is 13.9 Å². The Hall–Kier alpha value is -2.01. The van der Waals surface area contributed by atoms with Crippen molar-refractivity contribution in [3.8, 4) is 0 Å². The molecule has 7 atom stereocenters. The number of benzene rings is 1. The lowest BCUT2D eigenvalue weighted by atomic mass is 9.78. The first kappa shape index (κ1) is 37.3. The monoisotopic (exact) mass is 723 g/mol. The third-order valence-corrected chi connectivity index (χ3v) is 14.5. The van der Waals surface area contributed by atoms with E-state index in [0.717, 1.165) is 75.6 Å². The first-order valence-corrected chi connectivity index (χ1v) is 21.1. The number of hydrogen-bond donors (Lipinski definition) is 5. The highest BCUT2D eigenvalue weighted by molar-refractivity contribution is 8.00. The topological polar surface area (TPSA) is 125 Å². The fraction of sp³-hybridized carbons (Fsp3) is 0.714. The van der Waals surface area contributed by atoms with Gasteiger partial charge in [0.25, 0.3) is 0 Å². The van der Waals surface area contributed by atoms with E-state index < -0.39 is 12.6 Å². The molecule has 2 aromatic rings. The molecule has 2 heterocycles. The summed E-state index contributed by atoms with van der Waals surface area (Å²) in [4.78, 5) is 0. The second-order valence-corrected chi connectivity index (χ2v) is 17.5. The third-order valence-electron chi connectivity index (χ3n) is 13.0. The Morgan fingerprint density at radius 2 is 1.29 bits per heavy atom. The van der Waals surface area contributed by atoms with Crippen molar-refractivity contribution in [1.29, 1.82) is 0 Å². The highest BCUT2D eigenvalue weighted by Crippen LogP contribution is 2.49. The van der Waals surface area contributed by atoms with Gasteiger partial charge in [-0.1, -0.05) is 45.2 Å². The molecule has 1 saturated heterocycles. The molecular weight excluding hydrogens is 663 g/mol. The SMILES string of the molecule is CCC(O)C1CCC(C(O)OC2=CC=C(OC(O)C3CCC(C(O)CC)CC3)C3SC(c4cc5c(C)ccc(C6CCCCC6)c5o4)NC23)CC1. The van der Waals surface area contributed by atoms with Crippen molar-refractivity contribution in [3.63, 3.8) is 0 Å². The lowest BCUT2D eigenvalue weighted by Gasteiger charge is -2.36. The summed E-state index contributed by atoms with van der Waals surface area (Å²) in [6, 6.07) is 6.43. The van der Waals surface area contributed by atoms with Crippen molar-refractivity contribution in [2.75, 3.05) is 0 Å². The molecule has 1 aliphatic heterocycles. The third kappa shape index (κ3) is 8.09. The van der Waals surface area contributed by atoms with Gasteiger partial charge in [0, 0.05) is 17.2 Å². The van der Waals surface area contributed by atoms with E-state index in [1.54, 1.807) is 11.8 Å². The Morgan fingerprint density at radius 1 is 0.745 bits per heavy atom. The van der Waals surface area contributed by atoms with Crippen molar-refractivity contribution >= 4 is 22.7 Å². The van der Waals surface area contributed by atoms with Crippen LogP contribution in [-0.4, -0.2) is 56.5 Å². The van der Waals surface area contributed by atoms with Crippen molar-refractivity contribution < 1.29 is 34.3 Å². The number of furan rings is 1. The number of allylic oxidation sites excluding steroid dienone is 2. The smallest absolute Gasteiger partial charge is 0.199 e. The summed E-state index contributed by atoms with van der Waals surface area (Å²) in [5.74, 6) is 3.38. The van der Waals surface area contributed by atoms with Crippen LogP contribution >= 0.6 is 11.8 Å². The Morgan fingerprint density at radius 3 is 1.88 bits per heavy atom. The number of nitrogens with one attached hydrogen (secondary N) is 1. The van der Waals surface area contributed by atoms with Gasteiger partial charge in [-0.2, -0.15) is 0 Å². The van der Waals surface area contributed by atoms with Crippen LogP contribution in [-0.2, 0) is 9.47 Å². The van der Waals surface area contributed by atoms with Gasteiger partial charge in [-0.15, -0.1) is 11.8 Å². The summed E-state index contributed by atoms with van der Waals surface area (Å²) in [6.45, 7) is 6.20. The Bertz CT molecular complexity index is 1450. The average Bonchev–Trinajstić information content (AvgIpc) is 3.83. The molecule has 7 unspecified atom stereocenters. The standard InChI is InChI=1S/C42H61NO7S/c1-4-32(44)26-12-16-28(17-13-26)41(46)49-34-21-22-35(50-42(47)29-18-14-27(15-19-29)33(45)5-2)39-37(34)43-40(51-39)36-23-31-24(3)11-20-30(38(31)48-36)25-9-7-6-8-10-25/h11,20-23,25-29,32-33,37,39-47H,4-10,12-19H2,1-3H3. The minimum atomic E-state index is -0.940. The molecule has 7 rings (SSSR count). The van der Waals surface area contributed by atoms with Crippen LogP contribution in [0.2, 0.25) is 0 Å². The Labute approximate surface area is 308 Å². The molecule has 0 spiro atoms. The van der Waals surface area contributed by atoms with Gasteiger partial charge in [0.05, 0.1) is 23.5 Å². The average molecular weight is 724 g/mol. The van der Waals surface area contributed by atoms with E-state index in [1.807, 2.05) is 26.0 Å². The summed E-state index contributed by atoms with van der Waals surface area (Å²) in [5, 5.41) is 48.1. The van der Waals surface area contributed by atoms with Crippen LogP contribution in [0.4, 0.5) is 0 Å². The van der Waals surface area contributed by atoms with Gasteiger partial charge in [-0.25, -0.2) is 0 Å². The van der Waals surface area contributed by atoms with Crippen LogP contribution in [0.15, 0.2) is 46.3 Å². The molecule has 1 aromatic carbocycles. The molecule has 5 aliphatic rings. The minimum Gasteiger partial charge on any atom is -0.468 e. The number of aliphatic hydroxyl groups excluding tert-OH is 4. The summed E-state index contributed by atoms with van der Waals surface area (Å²) in [6.07, 6.45) is 16.0. The number of hydrogen-bond acceptors (Lipinski definition) is 9. The van der Waals surface area contributed by atoms with Crippen LogP contribution in [0.5, 0.6) is 0 Å². The van der Waals surface area contributed by atoms with Crippen molar-refractivity contribution in [1.82, 2.24) is 5.32 Å². The predicted molar refractivity (Wildman–Crippen MR) is 202 cm³/mol. The maximum atomic E-state index is 11.4. The minimum absolute atomic E-state index is 0.0101. The molecule has 4 fully saturated rings. The molecular formula is C42H61NO7S. The van der Waals surface area contributed by atoms with E-state index in [2.05, 4.69) is 30.4 Å².